The van der Waals surface area contributed by atoms with E-state index < -0.39 is 0 Å². The van der Waals surface area contributed by atoms with Crippen molar-refractivity contribution < 1.29 is 14.3 Å². The molecule has 0 N–H and O–H groups in total. The molecule has 2 fully saturated rings. The van der Waals surface area contributed by atoms with Gasteiger partial charge in [-0.15, -0.1) is 0 Å². The highest BCUT2D eigenvalue weighted by Gasteiger charge is 2.34. The van der Waals surface area contributed by atoms with Gasteiger partial charge in [0.1, 0.15) is 23.0 Å². The lowest BCUT2D eigenvalue weighted by Gasteiger charge is -2.25. The number of hydrogen-bond donors (Lipinski definition) is 0. The van der Waals surface area contributed by atoms with Crippen LogP contribution in [0.1, 0.15) is 30.4 Å². The lowest BCUT2D eigenvalue weighted by atomic mass is 10.1. The summed E-state index contributed by atoms with van der Waals surface area (Å²) in [6.07, 6.45) is 3.03. The van der Waals surface area contributed by atoms with Crippen LogP contribution in [0, 0.1) is 12.8 Å². The number of carbonyl (C=O) groups excluding carboxylic acids is 1. The van der Waals surface area contributed by atoms with Gasteiger partial charge in [0.2, 0.25) is 5.91 Å². The third-order valence-electron chi connectivity index (χ3n) is 6.02. The van der Waals surface area contributed by atoms with E-state index in [9.17, 15) is 4.79 Å². The van der Waals surface area contributed by atoms with Crippen LogP contribution >= 0.6 is 0 Å². The van der Waals surface area contributed by atoms with E-state index >= 15 is 0 Å². The highest BCUT2D eigenvalue weighted by atomic mass is 16.5. The number of fused-ring (bicyclic) bond motifs is 2. The van der Waals surface area contributed by atoms with Gasteiger partial charge in [0.25, 0.3) is 0 Å². The number of nitrogens with zero attached hydrogens (tertiary/aromatic N) is 3. The molecule has 1 aliphatic carbocycles. The fraction of sp³-hybridized carbons (Fsp3) is 0.417. The van der Waals surface area contributed by atoms with Crippen LogP contribution in [0.25, 0.3) is 0 Å². The van der Waals surface area contributed by atoms with Crippen molar-refractivity contribution >= 4 is 17.4 Å². The van der Waals surface area contributed by atoms with E-state index in [2.05, 4.69) is 11.0 Å². The Bertz CT molecular complexity index is 1010. The predicted molar refractivity (Wildman–Crippen MR) is 116 cm³/mol. The van der Waals surface area contributed by atoms with E-state index in [4.69, 9.17) is 14.5 Å². The number of rotatable bonds is 2. The fourth-order valence-electron chi connectivity index (χ4n) is 4.17. The minimum absolute atomic E-state index is 0.264. The van der Waals surface area contributed by atoms with E-state index in [1.165, 1.54) is 0 Å². The van der Waals surface area contributed by atoms with Crippen molar-refractivity contribution in [2.24, 2.45) is 10.9 Å². The van der Waals surface area contributed by atoms with Gasteiger partial charge in [-0.1, -0.05) is 6.07 Å². The van der Waals surface area contributed by atoms with Crippen molar-refractivity contribution in [1.82, 2.24) is 9.80 Å². The van der Waals surface area contributed by atoms with Crippen LogP contribution in [0.3, 0.4) is 0 Å². The molecule has 2 heterocycles. The van der Waals surface area contributed by atoms with Crippen LogP contribution in [-0.4, -0.2) is 54.8 Å². The molecule has 0 spiro atoms. The third-order valence-corrected chi connectivity index (χ3v) is 6.02. The molecule has 5 rings (SSSR count). The van der Waals surface area contributed by atoms with Gasteiger partial charge in [0.15, 0.2) is 5.75 Å². The van der Waals surface area contributed by atoms with Crippen LogP contribution in [-0.2, 0) is 4.79 Å². The van der Waals surface area contributed by atoms with Crippen molar-refractivity contribution in [3.8, 4) is 17.2 Å². The fourth-order valence-corrected chi connectivity index (χ4v) is 4.17. The van der Waals surface area contributed by atoms with E-state index in [1.807, 2.05) is 42.2 Å². The standard InChI is InChI=1S/C24H27N3O3/c1-16-4-8-20-22(14-16)30-21-9-7-18(29-2)15-19(21)23(25-20)26-10-3-11-27(13-12-26)24(28)17-5-6-17/h4,7-9,14-15,17H,3,5-6,10-13H2,1-2H3. The molecule has 0 aromatic heterocycles. The number of aliphatic imine (C=N–C) groups is 1. The Kier molecular flexibility index (Phi) is 4.85. The Morgan fingerprint density at radius 1 is 1.07 bits per heavy atom. The maximum Gasteiger partial charge on any atom is 0.225 e. The summed E-state index contributed by atoms with van der Waals surface area (Å²) >= 11 is 0. The molecule has 30 heavy (non-hydrogen) atoms. The predicted octanol–water partition coefficient (Wildman–Crippen LogP) is 4.13. The van der Waals surface area contributed by atoms with Gasteiger partial charge >= 0.3 is 0 Å². The number of hydrogen-bond acceptors (Lipinski definition) is 5. The first-order valence-corrected chi connectivity index (χ1v) is 10.7. The smallest absolute Gasteiger partial charge is 0.225 e. The highest BCUT2D eigenvalue weighted by molar-refractivity contribution is 6.04. The van der Waals surface area contributed by atoms with Crippen molar-refractivity contribution in [1.29, 1.82) is 0 Å². The number of aryl methyl sites for hydroxylation is 1. The Morgan fingerprint density at radius 2 is 1.93 bits per heavy atom. The summed E-state index contributed by atoms with van der Waals surface area (Å²) in [5.74, 6) is 3.77. The highest BCUT2D eigenvalue weighted by Crippen LogP contribution is 2.40. The van der Waals surface area contributed by atoms with Gasteiger partial charge < -0.3 is 19.3 Å². The van der Waals surface area contributed by atoms with Crippen molar-refractivity contribution in [2.75, 3.05) is 33.3 Å². The van der Waals surface area contributed by atoms with Gasteiger partial charge in [-0.3, -0.25) is 4.79 Å². The molecule has 156 valence electrons. The summed E-state index contributed by atoms with van der Waals surface area (Å²) in [6, 6.07) is 11.9. The van der Waals surface area contributed by atoms with Gasteiger partial charge in [0, 0.05) is 32.1 Å². The van der Waals surface area contributed by atoms with E-state index in [1.54, 1.807) is 7.11 Å². The lowest BCUT2D eigenvalue weighted by molar-refractivity contribution is -0.132. The lowest BCUT2D eigenvalue weighted by Crippen LogP contribution is -2.38. The molecule has 1 saturated carbocycles. The monoisotopic (exact) mass is 405 g/mol. The van der Waals surface area contributed by atoms with Crippen LogP contribution in [0.2, 0.25) is 0 Å². The number of benzene rings is 2. The average molecular weight is 405 g/mol. The molecule has 6 nitrogen and oxygen atoms in total. The van der Waals surface area contributed by atoms with Gasteiger partial charge in [0.05, 0.1) is 12.7 Å². The Morgan fingerprint density at radius 3 is 2.73 bits per heavy atom. The SMILES string of the molecule is COc1ccc2c(c1)C(N1CCCN(C(=O)C3CC3)CC1)=Nc1ccc(C)cc1O2. The second-order valence-corrected chi connectivity index (χ2v) is 8.31. The average Bonchev–Trinajstić information content (AvgIpc) is 3.60. The van der Waals surface area contributed by atoms with Gasteiger partial charge in [-0.25, -0.2) is 4.99 Å². The molecule has 0 bridgehead atoms. The maximum absolute atomic E-state index is 12.6. The van der Waals surface area contributed by atoms with E-state index in [-0.39, 0.29) is 5.92 Å². The Balaban J connectivity index is 1.51. The number of methoxy groups -OCH3 is 1. The van der Waals surface area contributed by atoms with Crippen molar-refractivity contribution in [2.45, 2.75) is 26.2 Å². The first kappa shape index (κ1) is 19.0. The van der Waals surface area contributed by atoms with Crippen LogP contribution in [0.15, 0.2) is 41.4 Å². The van der Waals surface area contributed by atoms with Gasteiger partial charge in [-0.05, 0) is 62.1 Å². The summed E-state index contributed by atoms with van der Waals surface area (Å²) in [4.78, 5) is 21.9. The number of carbonyl (C=O) groups is 1. The molecule has 0 unspecified atom stereocenters. The summed E-state index contributed by atoms with van der Waals surface area (Å²) < 4.78 is 11.8. The first-order valence-electron chi connectivity index (χ1n) is 10.7. The van der Waals surface area contributed by atoms with E-state index in [0.29, 0.717) is 5.91 Å². The molecule has 0 atom stereocenters. The van der Waals surface area contributed by atoms with Crippen molar-refractivity contribution in [3.05, 3.63) is 47.5 Å². The molecule has 3 aliphatic rings. The summed E-state index contributed by atoms with van der Waals surface area (Å²) in [7, 11) is 1.67. The summed E-state index contributed by atoms with van der Waals surface area (Å²) in [6.45, 7) is 5.21. The molecular formula is C24H27N3O3. The molecule has 0 radical (unpaired) electrons. The zero-order chi connectivity index (χ0) is 20.7. The van der Waals surface area contributed by atoms with Crippen LogP contribution in [0.4, 0.5) is 5.69 Å². The van der Waals surface area contributed by atoms with Gasteiger partial charge in [-0.2, -0.15) is 0 Å². The quantitative estimate of drug-likeness (QED) is 0.754. The molecule has 2 aliphatic heterocycles. The molecule has 2 aromatic rings. The molecular weight excluding hydrogens is 378 g/mol. The van der Waals surface area contributed by atoms with Crippen LogP contribution in [0.5, 0.6) is 17.2 Å². The normalized spacial score (nSPS) is 18.4. The minimum atomic E-state index is 0.264. The summed E-state index contributed by atoms with van der Waals surface area (Å²) in [5, 5.41) is 0. The Hall–Kier alpha value is -3.02. The van der Waals surface area contributed by atoms with Crippen LogP contribution < -0.4 is 9.47 Å². The number of amides is 1. The topological polar surface area (TPSA) is 54.4 Å². The molecule has 6 heteroatoms. The Labute approximate surface area is 177 Å². The third kappa shape index (κ3) is 3.62. The molecule has 1 saturated heterocycles. The maximum atomic E-state index is 12.6. The first-order chi connectivity index (χ1) is 14.6. The molecule has 1 amide bonds. The minimum Gasteiger partial charge on any atom is -0.497 e. The summed E-state index contributed by atoms with van der Waals surface area (Å²) in [5.41, 5.74) is 2.87. The number of amidine groups is 1. The zero-order valence-electron chi connectivity index (χ0n) is 17.6. The largest absolute Gasteiger partial charge is 0.497 e. The van der Waals surface area contributed by atoms with Crippen molar-refractivity contribution in [3.63, 3.8) is 0 Å². The molecule has 2 aromatic carbocycles. The number of ether oxygens (including phenoxy) is 2. The zero-order valence-corrected chi connectivity index (χ0v) is 17.6. The second kappa shape index (κ2) is 7.67. The van der Waals surface area contributed by atoms with E-state index in [0.717, 1.165) is 85.3 Å². The second-order valence-electron chi connectivity index (χ2n) is 8.31.